The molecule has 0 saturated heterocycles. The minimum absolute atomic E-state index is 0.189. The molecule has 3 aromatic rings. The number of halogens is 5. The standard InChI is InChI=1S/C20H15ClF4N2O/c1-10-17-15(7-6-14-18(17)13(21)8-16(28)26-14)27(9-20(23,24)25)19(10)11-2-4-12(22)5-3-11/h2-8,10,19H,9H2,1H3,(H,26,28). The summed E-state index contributed by atoms with van der Waals surface area (Å²) in [4.78, 5) is 15.7. The third-order valence-corrected chi connectivity index (χ3v) is 5.41. The molecule has 1 N–H and O–H groups in total. The lowest BCUT2D eigenvalue weighted by Gasteiger charge is -2.30. The number of aromatic amines is 1. The summed E-state index contributed by atoms with van der Waals surface area (Å²) in [6, 6.07) is 9.16. The molecule has 1 aromatic heterocycles. The van der Waals surface area contributed by atoms with Crippen molar-refractivity contribution in [2.24, 2.45) is 0 Å². The number of hydrogen-bond acceptors (Lipinski definition) is 2. The van der Waals surface area contributed by atoms with Gasteiger partial charge < -0.3 is 9.88 Å². The molecule has 0 amide bonds. The van der Waals surface area contributed by atoms with E-state index in [0.29, 0.717) is 27.7 Å². The van der Waals surface area contributed by atoms with Gasteiger partial charge in [-0.2, -0.15) is 13.2 Å². The summed E-state index contributed by atoms with van der Waals surface area (Å²) in [5.74, 6) is -0.824. The van der Waals surface area contributed by atoms with E-state index in [1.807, 2.05) is 6.92 Å². The van der Waals surface area contributed by atoms with Crippen LogP contribution in [0.1, 0.15) is 30.0 Å². The fourth-order valence-electron chi connectivity index (χ4n) is 4.12. The molecule has 0 saturated carbocycles. The van der Waals surface area contributed by atoms with Crippen molar-refractivity contribution in [1.29, 1.82) is 0 Å². The number of nitrogens with one attached hydrogen (secondary N) is 1. The number of benzene rings is 2. The molecule has 2 heterocycles. The number of aromatic nitrogens is 1. The molecule has 4 rings (SSSR count). The van der Waals surface area contributed by atoms with Gasteiger partial charge in [0.05, 0.1) is 16.6 Å². The number of rotatable bonds is 2. The van der Waals surface area contributed by atoms with E-state index >= 15 is 0 Å². The first-order chi connectivity index (χ1) is 13.2. The first kappa shape index (κ1) is 18.8. The van der Waals surface area contributed by atoms with E-state index in [1.165, 1.54) is 35.2 Å². The molecule has 2 aromatic carbocycles. The second-order valence-corrected chi connectivity index (χ2v) is 7.34. The van der Waals surface area contributed by atoms with E-state index in [-0.39, 0.29) is 16.5 Å². The maximum atomic E-state index is 13.4. The molecule has 3 nitrogen and oxygen atoms in total. The highest BCUT2D eigenvalue weighted by atomic mass is 35.5. The van der Waals surface area contributed by atoms with Gasteiger partial charge in [0.25, 0.3) is 0 Å². The molecule has 0 spiro atoms. The van der Waals surface area contributed by atoms with Gasteiger partial charge in [-0.25, -0.2) is 4.39 Å². The lowest BCUT2D eigenvalue weighted by atomic mass is 9.90. The first-order valence-electron chi connectivity index (χ1n) is 8.60. The molecule has 28 heavy (non-hydrogen) atoms. The number of hydrogen-bond donors (Lipinski definition) is 1. The van der Waals surface area contributed by atoms with Crippen molar-refractivity contribution < 1.29 is 17.6 Å². The Hall–Kier alpha value is -2.54. The second-order valence-electron chi connectivity index (χ2n) is 6.93. The van der Waals surface area contributed by atoms with E-state index < -0.39 is 24.6 Å². The summed E-state index contributed by atoms with van der Waals surface area (Å²) < 4.78 is 53.4. The Morgan fingerprint density at radius 2 is 1.82 bits per heavy atom. The molecule has 1 aliphatic heterocycles. The first-order valence-corrected chi connectivity index (χ1v) is 8.98. The van der Waals surface area contributed by atoms with Gasteiger partial charge in [0.2, 0.25) is 5.56 Å². The molecular weight excluding hydrogens is 396 g/mol. The van der Waals surface area contributed by atoms with E-state index in [1.54, 1.807) is 12.1 Å². The van der Waals surface area contributed by atoms with Crippen LogP contribution < -0.4 is 10.5 Å². The smallest absolute Gasteiger partial charge is 0.355 e. The number of nitrogens with zero attached hydrogens (tertiary/aromatic N) is 1. The largest absolute Gasteiger partial charge is 0.405 e. The highest BCUT2D eigenvalue weighted by Crippen LogP contribution is 2.52. The molecule has 0 radical (unpaired) electrons. The predicted molar refractivity (Wildman–Crippen MR) is 101 cm³/mol. The van der Waals surface area contributed by atoms with Crippen molar-refractivity contribution in [1.82, 2.24) is 4.98 Å². The Balaban J connectivity index is 1.96. The summed E-state index contributed by atoms with van der Waals surface area (Å²) in [6.45, 7) is 0.656. The van der Waals surface area contributed by atoms with Crippen LogP contribution in [0.25, 0.3) is 10.9 Å². The predicted octanol–water partition coefficient (Wildman–Crippen LogP) is 5.55. The fraction of sp³-hybridized carbons (Fsp3) is 0.250. The average Bonchev–Trinajstić information content (AvgIpc) is 2.86. The SMILES string of the molecule is CC1c2c(ccc3[nH]c(=O)cc(Cl)c23)N(CC(F)(F)F)C1c1ccc(F)cc1. The van der Waals surface area contributed by atoms with Crippen LogP contribution in [0.3, 0.4) is 0 Å². The van der Waals surface area contributed by atoms with Crippen molar-refractivity contribution >= 4 is 28.2 Å². The van der Waals surface area contributed by atoms with Crippen LogP contribution in [0.2, 0.25) is 5.02 Å². The van der Waals surface area contributed by atoms with Gasteiger partial charge in [-0.05, 0) is 35.4 Å². The normalized spacial score (nSPS) is 19.3. The highest BCUT2D eigenvalue weighted by Gasteiger charge is 2.43. The number of fused-ring (bicyclic) bond motifs is 3. The number of alkyl halides is 3. The quantitative estimate of drug-likeness (QED) is 0.562. The zero-order chi connectivity index (χ0) is 20.2. The maximum Gasteiger partial charge on any atom is 0.405 e. The minimum atomic E-state index is -4.43. The minimum Gasteiger partial charge on any atom is -0.355 e. The molecule has 1 aliphatic rings. The van der Waals surface area contributed by atoms with Crippen LogP contribution in [-0.4, -0.2) is 17.7 Å². The van der Waals surface area contributed by atoms with Crippen molar-refractivity contribution in [2.45, 2.75) is 25.1 Å². The van der Waals surface area contributed by atoms with Crippen molar-refractivity contribution in [3.05, 3.63) is 74.8 Å². The molecule has 2 atom stereocenters. The van der Waals surface area contributed by atoms with Gasteiger partial charge in [-0.15, -0.1) is 0 Å². The monoisotopic (exact) mass is 410 g/mol. The van der Waals surface area contributed by atoms with Crippen LogP contribution in [0.4, 0.5) is 23.2 Å². The van der Waals surface area contributed by atoms with Gasteiger partial charge in [0, 0.05) is 23.1 Å². The van der Waals surface area contributed by atoms with Crippen LogP contribution in [-0.2, 0) is 0 Å². The van der Waals surface area contributed by atoms with Crippen LogP contribution >= 0.6 is 11.6 Å². The highest BCUT2D eigenvalue weighted by molar-refractivity contribution is 6.35. The fourth-order valence-corrected chi connectivity index (χ4v) is 4.42. The summed E-state index contributed by atoms with van der Waals surface area (Å²) in [5.41, 5.74) is 1.70. The number of H-pyrrole nitrogens is 1. The van der Waals surface area contributed by atoms with Crippen molar-refractivity contribution in [3.8, 4) is 0 Å². The Kier molecular flexibility index (Phi) is 4.38. The molecular formula is C20H15ClF4N2O. The summed E-state index contributed by atoms with van der Waals surface area (Å²) in [5, 5.41) is 0.720. The maximum absolute atomic E-state index is 13.4. The Morgan fingerprint density at radius 3 is 2.46 bits per heavy atom. The van der Waals surface area contributed by atoms with E-state index in [9.17, 15) is 22.4 Å². The molecule has 0 bridgehead atoms. The molecule has 0 fully saturated rings. The number of anilines is 1. The van der Waals surface area contributed by atoms with Crippen LogP contribution in [0, 0.1) is 5.82 Å². The van der Waals surface area contributed by atoms with E-state index in [2.05, 4.69) is 4.98 Å². The molecule has 8 heteroatoms. The van der Waals surface area contributed by atoms with Gasteiger partial charge in [-0.3, -0.25) is 4.79 Å². The van der Waals surface area contributed by atoms with Crippen molar-refractivity contribution in [3.63, 3.8) is 0 Å². The second kappa shape index (κ2) is 6.51. The number of pyridine rings is 1. The zero-order valence-corrected chi connectivity index (χ0v) is 15.4. The van der Waals surface area contributed by atoms with Crippen molar-refractivity contribution in [2.75, 3.05) is 11.4 Å². The average molecular weight is 411 g/mol. The third kappa shape index (κ3) is 3.13. The van der Waals surface area contributed by atoms with E-state index in [4.69, 9.17) is 11.6 Å². The topological polar surface area (TPSA) is 36.1 Å². The van der Waals surface area contributed by atoms with Gasteiger partial charge in [0.15, 0.2) is 0 Å². The van der Waals surface area contributed by atoms with Gasteiger partial charge in [0.1, 0.15) is 12.4 Å². The summed E-state index contributed by atoms with van der Waals surface area (Å²) in [7, 11) is 0. The van der Waals surface area contributed by atoms with E-state index in [0.717, 1.165) is 0 Å². The zero-order valence-electron chi connectivity index (χ0n) is 14.6. The Bertz CT molecular complexity index is 1110. The van der Waals surface area contributed by atoms with Crippen LogP contribution in [0.15, 0.2) is 47.3 Å². The third-order valence-electron chi connectivity index (χ3n) is 5.11. The molecule has 0 aliphatic carbocycles. The van der Waals surface area contributed by atoms with Gasteiger partial charge in [-0.1, -0.05) is 30.7 Å². The summed E-state index contributed by atoms with van der Waals surface area (Å²) in [6.07, 6.45) is -4.43. The lowest BCUT2D eigenvalue weighted by molar-refractivity contribution is -0.120. The lowest BCUT2D eigenvalue weighted by Crippen LogP contribution is -2.35. The van der Waals surface area contributed by atoms with Gasteiger partial charge >= 0.3 is 6.18 Å². The Labute approximate surface area is 162 Å². The summed E-state index contributed by atoms with van der Waals surface area (Å²) >= 11 is 6.30. The van der Waals surface area contributed by atoms with Crippen LogP contribution in [0.5, 0.6) is 0 Å². The molecule has 2 unspecified atom stereocenters. The Morgan fingerprint density at radius 1 is 1.14 bits per heavy atom. The molecule has 146 valence electrons.